The first-order valence-corrected chi connectivity index (χ1v) is 9.69. The van der Waals surface area contributed by atoms with Gasteiger partial charge in [0, 0.05) is 37.2 Å². The van der Waals surface area contributed by atoms with E-state index in [1.165, 1.54) is 0 Å². The number of nitrogens with zero attached hydrogens (tertiary/aromatic N) is 1. The highest BCUT2D eigenvalue weighted by molar-refractivity contribution is 5.95. The van der Waals surface area contributed by atoms with E-state index in [0.29, 0.717) is 36.8 Å². The van der Waals surface area contributed by atoms with Crippen molar-refractivity contribution in [1.29, 1.82) is 0 Å². The molecule has 0 atom stereocenters. The minimum Gasteiger partial charge on any atom is -0.493 e. The van der Waals surface area contributed by atoms with Crippen molar-refractivity contribution in [3.8, 4) is 11.5 Å². The smallest absolute Gasteiger partial charge is 0.300 e. The fraction of sp³-hybridized carbons (Fsp3) is 0.261. The number of rotatable bonds is 7. The zero-order valence-electron chi connectivity index (χ0n) is 17.8. The van der Waals surface area contributed by atoms with E-state index in [1.54, 1.807) is 31.5 Å². The number of aryl methyl sites for hydroxylation is 1. The van der Waals surface area contributed by atoms with Crippen molar-refractivity contribution in [2.75, 3.05) is 20.3 Å². The van der Waals surface area contributed by atoms with Crippen LogP contribution in [0.4, 0.5) is 0 Å². The number of benzene rings is 2. The van der Waals surface area contributed by atoms with Crippen molar-refractivity contribution in [3.63, 3.8) is 0 Å². The number of methoxy groups -OCH3 is 1. The number of pyridine rings is 1. The number of carbonyl (C=O) groups is 2. The molecule has 0 bridgehead atoms. The first-order valence-electron chi connectivity index (χ1n) is 9.69. The largest absolute Gasteiger partial charge is 0.493 e. The number of ether oxygens (including phenoxy) is 2. The number of nitrogens with two attached hydrogens (primary N) is 1. The van der Waals surface area contributed by atoms with Gasteiger partial charge in [0.05, 0.1) is 12.6 Å². The molecule has 3 aromatic rings. The van der Waals surface area contributed by atoms with Crippen LogP contribution >= 0.6 is 0 Å². The van der Waals surface area contributed by atoms with Gasteiger partial charge in [-0.3, -0.25) is 14.6 Å². The summed E-state index contributed by atoms with van der Waals surface area (Å²) in [6.45, 7) is 4.25. The number of carboxylic acids is 1. The monoisotopic (exact) mass is 425 g/mol. The molecule has 0 saturated heterocycles. The highest BCUT2D eigenvalue weighted by Gasteiger charge is 2.12. The lowest BCUT2D eigenvalue weighted by molar-refractivity contribution is -0.134. The zero-order valence-corrected chi connectivity index (χ0v) is 17.8. The summed E-state index contributed by atoms with van der Waals surface area (Å²) in [4.78, 5) is 26.0. The van der Waals surface area contributed by atoms with Crippen molar-refractivity contribution in [2.24, 2.45) is 5.73 Å². The molecule has 8 heteroatoms. The fourth-order valence-corrected chi connectivity index (χ4v) is 2.90. The summed E-state index contributed by atoms with van der Waals surface area (Å²) in [6, 6.07) is 13.0. The third-order valence-corrected chi connectivity index (χ3v) is 4.30. The summed E-state index contributed by atoms with van der Waals surface area (Å²) in [7, 11) is 1.56. The molecule has 0 spiro atoms. The normalized spacial score (nSPS) is 10.1. The number of hydrogen-bond acceptors (Lipinski definition) is 6. The predicted octanol–water partition coefficient (Wildman–Crippen LogP) is 2.91. The standard InChI is InChI=1S/C21H23N3O3.C2H4O2/c1-14-5-6-16(17-4-3-10-23-20(14)17)13-24-21(25)15-7-8-18(26-2)19(12-15)27-11-9-22;1-2(3)4/h3-8,10,12H,9,11,13,22H2,1-2H3,(H,24,25);1H3,(H,3,4). The van der Waals surface area contributed by atoms with Gasteiger partial charge in [0.15, 0.2) is 11.5 Å². The molecule has 3 rings (SSSR count). The van der Waals surface area contributed by atoms with Crippen molar-refractivity contribution in [1.82, 2.24) is 10.3 Å². The Labute approximate surface area is 181 Å². The predicted molar refractivity (Wildman–Crippen MR) is 119 cm³/mol. The number of aliphatic carboxylic acids is 1. The second kappa shape index (κ2) is 11.5. The van der Waals surface area contributed by atoms with E-state index in [9.17, 15) is 4.79 Å². The minimum absolute atomic E-state index is 0.187. The summed E-state index contributed by atoms with van der Waals surface area (Å²) in [5.74, 6) is 0.0454. The van der Waals surface area contributed by atoms with Gasteiger partial charge in [-0.15, -0.1) is 0 Å². The Morgan fingerprint density at radius 3 is 2.58 bits per heavy atom. The van der Waals surface area contributed by atoms with Gasteiger partial charge in [-0.25, -0.2) is 0 Å². The summed E-state index contributed by atoms with van der Waals surface area (Å²) in [5.41, 5.74) is 9.06. The molecular weight excluding hydrogens is 398 g/mol. The Morgan fingerprint density at radius 1 is 1.16 bits per heavy atom. The van der Waals surface area contributed by atoms with E-state index in [2.05, 4.69) is 10.3 Å². The number of nitrogens with one attached hydrogen (secondary N) is 1. The van der Waals surface area contributed by atoms with Gasteiger partial charge in [0.25, 0.3) is 11.9 Å². The summed E-state index contributed by atoms with van der Waals surface area (Å²) in [5, 5.41) is 11.4. The first-order chi connectivity index (χ1) is 14.9. The number of carboxylic acid groups (broad SMARTS) is 1. The Hall–Kier alpha value is -3.65. The molecule has 0 unspecified atom stereocenters. The molecule has 1 heterocycles. The van der Waals surface area contributed by atoms with Crippen LogP contribution in [0.15, 0.2) is 48.7 Å². The quantitative estimate of drug-likeness (QED) is 0.532. The van der Waals surface area contributed by atoms with Crippen LogP contribution in [-0.2, 0) is 11.3 Å². The molecule has 0 saturated carbocycles. The van der Waals surface area contributed by atoms with Crippen LogP contribution in [0.3, 0.4) is 0 Å². The summed E-state index contributed by atoms with van der Waals surface area (Å²) < 4.78 is 10.8. The van der Waals surface area contributed by atoms with Gasteiger partial charge < -0.3 is 25.6 Å². The molecule has 164 valence electrons. The number of aromatic nitrogens is 1. The lowest BCUT2D eigenvalue weighted by atomic mass is 10.0. The van der Waals surface area contributed by atoms with Gasteiger partial charge in [-0.05, 0) is 42.3 Å². The van der Waals surface area contributed by atoms with E-state index < -0.39 is 5.97 Å². The maximum atomic E-state index is 12.6. The highest BCUT2D eigenvalue weighted by Crippen LogP contribution is 2.28. The topological polar surface area (TPSA) is 124 Å². The van der Waals surface area contributed by atoms with Crippen molar-refractivity contribution in [3.05, 3.63) is 65.4 Å². The van der Waals surface area contributed by atoms with Crippen LogP contribution in [0.2, 0.25) is 0 Å². The van der Waals surface area contributed by atoms with E-state index in [4.69, 9.17) is 25.1 Å². The van der Waals surface area contributed by atoms with E-state index >= 15 is 0 Å². The van der Waals surface area contributed by atoms with E-state index in [-0.39, 0.29) is 5.91 Å². The van der Waals surface area contributed by atoms with Crippen LogP contribution in [-0.4, -0.2) is 42.2 Å². The second-order valence-corrected chi connectivity index (χ2v) is 6.65. The third-order valence-electron chi connectivity index (χ3n) is 4.30. The van der Waals surface area contributed by atoms with E-state index in [1.807, 2.05) is 31.2 Å². The van der Waals surface area contributed by atoms with Crippen molar-refractivity contribution >= 4 is 22.8 Å². The average molecular weight is 425 g/mol. The van der Waals surface area contributed by atoms with Gasteiger partial charge in [0.1, 0.15) is 6.61 Å². The highest BCUT2D eigenvalue weighted by atomic mass is 16.5. The van der Waals surface area contributed by atoms with Gasteiger partial charge >= 0.3 is 0 Å². The van der Waals surface area contributed by atoms with Crippen LogP contribution in [0.5, 0.6) is 11.5 Å². The molecule has 0 fully saturated rings. The zero-order chi connectivity index (χ0) is 22.8. The molecule has 1 amide bonds. The average Bonchev–Trinajstić information content (AvgIpc) is 2.76. The van der Waals surface area contributed by atoms with Crippen LogP contribution < -0.4 is 20.5 Å². The third kappa shape index (κ3) is 6.68. The molecule has 0 aliphatic carbocycles. The van der Waals surface area contributed by atoms with Gasteiger partial charge in [-0.2, -0.15) is 0 Å². The molecule has 2 aromatic carbocycles. The molecule has 0 radical (unpaired) electrons. The van der Waals surface area contributed by atoms with Crippen LogP contribution in [0.25, 0.3) is 10.9 Å². The maximum Gasteiger partial charge on any atom is 0.300 e. The second-order valence-electron chi connectivity index (χ2n) is 6.65. The van der Waals surface area contributed by atoms with E-state index in [0.717, 1.165) is 29.0 Å². The number of hydrogen-bond donors (Lipinski definition) is 3. The molecule has 1 aromatic heterocycles. The Kier molecular flexibility index (Phi) is 8.78. The van der Waals surface area contributed by atoms with Crippen LogP contribution in [0.1, 0.15) is 28.4 Å². The minimum atomic E-state index is -0.833. The molecule has 8 nitrogen and oxygen atoms in total. The molecule has 0 aliphatic rings. The van der Waals surface area contributed by atoms with Gasteiger partial charge in [-0.1, -0.05) is 18.2 Å². The number of amides is 1. The fourth-order valence-electron chi connectivity index (χ4n) is 2.90. The Morgan fingerprint density at radius 2 is 1.90 bits per heavy atom. The molecule has 0 aliphatic heterocycles. The lowest BCUT2D eigenvalue weighted by Gasteiger charge is -2.13. The van der Waals surface area contributed by atoms with Crippen LogP contribution in [0, 0.1) is 6.92 Å². The van der Waals surface area contributed by atoms with Gasteiger partial charge in [0.2, 0.25) is 0 Å². The SMILES string of the molecule is CC(=O)O.COc1ccc(C(=O)NCc2ccc(C)c3ncccc23)cc1OCCN. The summed E-state index contributed by atoms with van der Waals surface area (Å²) in [6.07, 6.45) is 1.78. The molecule has 4 N–H and O–H groups in total. The van der Waals surface area contributed by atoms with Crippen molar-refractivity contribution in [2.45, 2.75) is 20.4 Å². The number of carbonyl (C=O) groups excluding carboxylic acids is 1. The molecule has 31 heavy (non-hydrogen) atoms. The molecular formula is C23H27N3O5. The Balaban J connectivity index is 0.000000785. The first kappa shape index (κ1) is 23.6. The van der Waals surface area contributed by atoms with Crippen molar-refractivity contribution < 1.29 is 24.2 Å². The maximum absolute atomic E-state index is 12.6. The lowest BCUT2D eigenvalue weighted by Crippen LogP contribution is -2.23. The summed E-state index contributed by atoms with van der Waals surface area (Å²) >= 11 is 0. The number of fused-ring (bicyclic) bond motifs is 1. The Bertz CT molecular complexity index is 1050.